The molecule has 2 N–H and O–H groups in total. The van der Waals surface area contributed by atoms with Gasteiger partial charge in [-0.05, 0) is 49.1 Å². The fourth-order valence-electron chi connectivity index (χ4n) is 3.29. The van der Waals surface area contributed by atoms with E-state index < -0.39 is 29.6 Å². The molecule has 3 rings (SSSR count). The van der Waals surface area contributed by atoms with Gasteiger partial charge in [-0.3, -0.25) is 4.79 Å². The van der Waals surface area contributed by atoms with E-state index in [1.54, 1.807) is 20.8 Å². The SMILES string of the molecule is CC(C)(C)OC(=O)NC1c2cccc3cccc(c23)CC1C(=O)O. The molecule has 0 radical (unpaired) electrons. The smallest absolute Gasteiger partial charge is 0.408 e. The Hall–Kier alpha value is -2.56. The third-order valence-electron chi connectivity index (χ3n) is 4.19. The highest BCUT2D eigenvalue weighted by molar-refractivity contribution is 5.92. The zero-order chi connectivity index (χ0) is 17.5. The minimum absolute atomic E-state index is 0.379. The fraction of sp³-hybridized carbons (Fsp3) is 0.368. The molecule has 5 nitrogen and oxygen atoms in total. The van der Waals surface area contributed by atoms with Crippen molar-refractivity contribution in [3.05, 3.63) is 47.5 Å². The van der Waals surface area contributed by atoms with Crippen LogP contribution in [0.15, 0.2) is 36.4 Å². The summed E-state index contributed by atoms with van der Waals surface area (Å²) in [5, 5.41) is 14.5. The lowest BCUT2D eigenvalue weighted by molar-refractivity contribution is -0.142. The highest BCUT2D eigenvalue weighted by Crippen LogP contribution is 2.39. The largest absolute Gasteiger partial charge is 0.481 e. The monoisotopic (exact) mass is 327 g/mol. The van der Waals surface area contributed by atoms with Crippen molar-refractivity contribution in [1.82, 2.24) is 5.32 Å². The first-order valence-corrected chi connectivity index (χ1v) is 7.99. The van der Waals surface area contributed by atoms with Crippen LogP contribution in [0.2, 0.25) is 0 Å². The second-order valence-electron chi connectivity index (χ2n) is 7.14. The van der Waals surface area contributed by atoms with Crippen LogP contribution >= 0.6 is 0 Å². The molecule has 2 unspecified atom stereocenters. The molecule has 5 heteroatoms. The maximum atomic E-state index is 12.2. The van der Waals surface area contributed by atoms with E-state index in [1.807, 2.05) is 36.4 Å². The summed E-state index contributed by atoms with van der Waals surface area (Å²) in [7, 11) is 0. The Labute approximate surface area is 140 Å². The summed E-state index contributed by atoms with van der Waals surface area (Å²) in [6.07, 6.45) is -0.223. The summed E-state index contributed by atoms with van der Waals surface area (Å²) in [4.78, 5) is 24.0. The van der Waals surface area contributed by atoms with Crippen molar-refractivity contribution >= 4 is 22.8 Å². The van der Waals surface area contributed by atoms with Gasteiger partial charge < -0.3 is 15.2 Å². The Bertz CT molecular complexity index is 801. The maximum absolute atomic E-state index is 12.2. The first-order valence-electron chi connectivity index (χ1n) is 7.99. The molecule has 0 aliphatic heterocycles. The van der Waals surface area contributed by atoms with Crippen molar-refractivity contribution in [2.24, 2.45) is 5.92 Å². The Balaban J connectivity index is 2.03. The number of nitrogens with one attached hydrogen (secondary N) is 1. The number of benzene rings is 2. The van der Waals surface area contributed by atoms with E-state index >= 15 is 0 Å². The molecule has 0 saturated carbocycles. The third-order valence-corrected chi connectivity index (χ3v) is 4.19. The van der Waals surface area contributed by atoms with Gasteiger partial charge in [-0.2, -0.15) is 0 Å². The quantitative estimate of drug-likeness (QED) is 0.882. The van der Waals surface area contributed by atoms with Crippen molar-refractivity contribution in [2.45, 2.75) is 38.8 Å². The molecule has 0 spiro atoms. The molecule has 2 aromatic rings. The van der Waals surface area contributed by atoms with Crippen molar-refractivity contribution in [3.63, 3.8) is 0 Å². The van der Waals surface area contributed by atoms with Crippen LogP contribution in [0.4, 0.5) is 4.79 Å². The number of carbonyl (C=O) groups is 2. The zero-order valence-corrected chi connectivity index (χ0v) is 14.0. The average Bonchev–Trinajstić information content (AvgIpc) is 2.48. The molecule has 0 heterocycles. The summed E-state index contributed by atoms with van der Waals surface area (Å²) >= 11 is 0. The second-order valence-corrected chi connectivity index (χ2v) is 7.14. The molecule has 1 aliphatic carbocycles. The topological polar surface area (TPSA) is 75.6 Å². The summed E-state index contributed by atoms with van der Waals surface area (Å²) in [5.74, 6) is -1.65. The predicted molar refractivity (Wildman–Crippen MR) is 90.9 cm³/mol. The first kappa shape index (κ1) is 16.3. The van der Waals surface area contributed by atoms with E-state index in [0.717, 1.165) is 21.9 Å². The van der Waals surface area contributed by atoms with Gasteiger partial charge in [0.25, 0.3) is 0 Å². The lowest BCUT2D eigenvalue weighted by atomic mass is 9.78. The van der Waals surface area contributed by atoms with E-state index in [0.29, 0.717) is 6.42 Å². The summed E-state index contributed by atoms with van der Waals surface area (Å²) in [6, 6.07) is 11.0. The number of carbonyl (C=O) groups excluding carboxylic acids is 1. The van der Waals surface area contributed by atoms with Crippen molar-refractivity contribution in [2.75, 3.05) is 0 Å². The highest BCUT2D eigenvalue weighted by atomic mass is 16.6. The van der Waals surface area contributed by atoms with Crippen molar-refractivity contribution in [3.8, 4) is 0 Å². The van der Waals surface area contributed by atoms with E-state index in [1.165, 1.54) is 0 Å². The van der Waals surface area contributed by atoms with Gasteiger partial charge in [-0.15, -0.1) is 0 Å². The average molecular weight is 327 g/mol. The van der Waals surface area contributed by atoms with Gasteiger partial charge in [-0.25, -0.2) is 4.79 Å². The van der Waals surface area contributed by atoms with Crippen molar-refractivity contribution < 1.29 is 19.4 Å². The van der Waals surface area contributed by atoms with Gasteiger partial charge in [0.2, 0.25) is 0 Å². The molecule has 24 heavy (non-hydrogen) atoms. The number of amides is 1. The fourth-order valence-corrected chi connectivity index (χ4v) is 3.29. The van der Waals surface area contributed by atoms with Crippen LogP contribution in [0.3, 0.4) is 0 Å². The van der Waals surface area contributed by atoms with Crippen LogP contribution in [0.1, 0.15) is 37.9 Å². The van der Waals surface area contributed by atoms with Crippen LogP contribution in [0.25, 0.3) is 10.8 Å². The van der Waals surface area contributed by atoms with Crippen LogP contribution in [-0.2, 0) is 16.0 Å². The number of hydrogen-bond donors (Lipinski definition) is 2. The molecule has 0 aromatic heterocycles. The van der Waals surface area contributed by atoms with Crippen LogP contribution in [-0.4, -0.2) is 22.8 Å². The maximum Gasteiger partial charge on any atom is 0.408 e. The zero-order valence-electron chi connectivity index (χ0n) is 14.0. The van der Waals surface area contributed by atoms with Gasteiger partial charge in [0.1, 0.15) is 5.60 Å². The number of carboxylic acids is 1. The molecular formula is C19H21NO4. The summed E-state index contributed by atoms with van der Waals surface area (Å²) in [6.45, 7) is 5.33. The molecule has 1 amide bonds. The number of carboxylic acid groups (broad SMARTS) is 1. The predicted octanol–water partition coefficient (Wildman–Crippen LogP) is 3.66. The van der Waals surface area contributed by atoms with Gasteiger partial charge in [0, 0.05) is 0 Å². The van der Waals surface area contributed by atoms with Gasteiger partial charge in [0.15, 0.2) is 0 Å². The number of rotatable bonds is 2. The highest BCUT2D eigenvalue weighted by Gasteiger charge is 2.37. The van der Waals surface area contributed by atoms with Gasteiger partial charge in [-0.1, -0.05) is 36.4 Å². The molecule has 126 valence electrons. The molecule has 2 aromatic carbocycles. The standard InChI is InChI=1S/C19H21NO4/c1-19(2,3)24-18(23)20-16-13-9-5-7-11-6-4-8-12(15(11)13)10-14(16)17(21)22/h4-9,14,16H,10H2,1-3H3,(H,20,23)(H,21,22). The molecule has 1 aliphatic rings. The van der Waals surface area contributed by atoms with E-state index in [2.05, 4.69) is 5.32 Å². The summed E-state index contributed by atoms with van der Waals surface area (Å²) < 4.78 is 5.31. The van der Waals surface area contributed by atoms with Gasteiger partial charge >= 0.3 is 12.1 Å². The Morgan fingerprint density at radius 1 is 1.17 bits per heavy atom. The molecule has 2 atom stereocenters. The number of alkyl carbamates (subject to hydrolysis) is 1. The molecular weight excluding hydrogens is 306 g/mol. The van der Waals surface area contributed by atoms with Crippen LogP contribution < -0.4 is 5.32 Å². The van der Waals surface area contributed by atoms with Gasteiger partial charge in [0.05, 0.1) is 12.0 Å². The van der Waals surface area contributed by atoms with Crippen LogP contribution in [0, 0.1) is 5.92 Å². The Kier molecular flexibility index (Phi) is 3.95. The minimum Gasteiger partial charge on any atom is -0.481 e. The number of aliphatic carboxylic acids is 1. The van der Waals surface area contributed by atoms with E-state index in [4.69, 9.17) is 4.74 Å². The Morgan fingerprint density at radius 3 is 2.46 bits per heavy atom. The third kappa shape index (κ3) is 3.07. The molecule has 0 bridgehead atoms. The molecule has 0 saturated heterocycles. The van der Waals surface area contributed by atoms with Crippen molar-refractivity contribution in [1.29, 1.82) is 0 Å². The lowest BCUT2D eigenvalue weighted by Gasteiger charge is -2.32. The number of ether oxygens (including phenoxy) is 1. The summed E-state index contributed by atoms with van der Waals surface area (Å²) in [5.41, 5.74) is 1.19. The first-order chi connectivity index (χ1) is 11.3. The normalized spacial score (nSPS) is 19.8. The van der Waals surface area contributed by atoms with E-state index in [-0.39, 0.29) is 0 Å². The number of hydrogen-bond acceptors (Lipinski definition) is 3. The molecule has 0 fully saturated rings. The van der Waals surface area contributed by atoms with E-state index in [9.17, 15) is 14.7 Å². The lowest BCUT2D eigenvalue weighted by Crippen LogP contribution is -2.42. The second kappa shape index (κ2) is 5.82. The minimum atomic E-state index is -0.928. The van der Waals surface area contributed by atoms with Crippen LogP contribution in [0.5, 0.6) is 0 Å². The Morgan fingerprint density at radius 2 is 1.83 bits per heavy atom.